The van der Waals surface area contributed by atoms with Gasteiger partial charge >= 0.3 is 0 Å². The third kappa shape index (κ3) is 1.90. The molecule has 0 atom stereocenters. The molecule has 68 valence electrons. The molecule has 0 bridgehead atoms. The Hall–Kier alpha value is -0.860. The Morgan fingerprint density at radius 1 is 1.31 bits per heavy atom. The standard InChI is InChI=1S/C11H13NS/c1-12-7-6-10-8-9-4-2-3-5-11(9)13-10/h2-5,8,12H,6-7H2,1H3. The van der Waals surface area contributed by atoms with Gasteiger partial charge in [-0.2, -0.15) is 0 Å². The summed E-state index contributed by atoms with van der Waals surface area (Å²) in [5, 5.41) is 4.54. The molecular weight excluding hydrogens is 178 g/mol. The van der Waals surface area contributed by atoms with E-state index < -0.39 is 0 Å². The lowest BCUT2D eigenvalue weighted by Crippen LogP contribution is -2.09. The Morgan fingerprint density at radius 3 is 2.92 bits per heavy atom. The summed E-state index contributed by atoms with van der Waals surface area (Å²) in [6.45, 7) is 1.06. The van der Waals surface area contributed by atoms with Gasteiger partial charge in [0, 0.05) is 9.58 Å². The zero-order valence-electron chi connectivity index (χ0n) is 7.71. The van der Waals surface area contributed by atoms with Gasteiger partial charge in [0.1, 0.15) is 0 Å². The highest BCUT2D eigenvalue weighted by molar-refractivity contribution is 7.19. The first-order valence-electron chi connectivity index (χ1n) is 4.52. The summed E-state index contributed by atoms with van der Waals surface area (Å²) in [5.74, 6) is 0. The lowest BCUT2D eigenvalue weighted by Gasteiger charge is -1.93. The first-order valence-corrected chi connectivity index (χ1v) is 5.34. The van der Waals surface area contributed by atoms with Crippen molar-refractivity contribution in [3.8, 4) is 0 Å². The molecule has 2 heteroatoms. The van der Waals surface area contributed by atoms with Gasteiger partial charge in [-0.05, 0) is 37.5 Å². The van der Waals surface area contributed by atoms with E-state index in [1.165, 1.54) is 15.0 Å². The quantitative estimate of drug-likeness (QED) is 0.786. The smallest absolute Gasteiger partial charge is 0.0345 e. The summed E-state index contributed by atoms with van der Waals surface area (Å²) in [6, 6.07) is 10.8. The average molecular weight is 191 g/mol. The predicted molar refractivity (Wildman–Crippen MR) is 59.5 cm³/mol. The van der Waals surface area contributed by atoms with Gasteiger partial charge in [0.05, 0.1) is 0 Å². The van der Waals surface area contributed by atoms with E-state index in [2.05, 4.69) is 35.6 Å². The van der Waals surface area contributed by atoms with E-state index in [1.54, 1.807) is 0 Å². The Balaban J connectivity index is 2.28. The van der Waals surface area contributed by atoms with Gasteiger partial charge in [-0.1, -0.05) is 18.2 Å². The van der Waals surface area contributed by atoms with E-state index in [0.29, 0.717) is 0 Å². The lowest BCUT2D eigenvalue weighted by molar-refractivity contribution is 0.799. The van der Waals surface area contributed by atoms with E-state index in [1.807, 2.05) is 18.4 Å². The fraction of sp³-hybridized carbons (Fsp3) is 0.273. The van der Waals surface area contributed by atoms with Crippen molar-refractivity contribution in [3.63, 3.8) is 0 Å². The maximum absolute atomic E-state index is 3.17. The number of hydrogen-bond acceptors (Lipinski definition) is 2. The minimum absolute atomic E-state index is 1.06. The summed E-state index contributed by atoms with van der Waals surface area (Å²) in [5.41, 5.74) is 0. The van der Waals surface area contributed by atoms with E-state index in [4.69, 9.17) is 0 Å². The van der Waals surface area contributed by atoms with Crippen LogP contribution in [0.25, 0.3) is 10.1 Å². The zero-order chi connectivity index (χ0) is 9.10. The topological polar surface area (TPSA) is 12.0 Å². The van der Waals surface area contributed by atoms with Gasteiger partial charge < -0.3 is 5.32 Å². The van der Waals surface area contributed by atoms with Crippen LogP contribution in [0.3, 0.4) is 0 Å². The highest BCUT2D eigenvalue weighted by Crippen LogP contribution is 2.25. The second-order valence-corrected chi connectivity index (χ2v) is 4.27. The average Bonchev–Trinajstić information content (AvgIpc) is 2.57. The Bertz CT molecular complexity index is 359. The Labute approximate surface area is 82.4 Å². The van der Waals surface area contributed by atoms with Crippen LogP contribution in [0, 0.1) is 0 Å². The predicted octanol–water partition coefficient (Wildman–Crippen LogP) is 2.66. The first-order chi connectivity index (χ1) is 6.40. The molecular formula is C11H13NS. The van der Waals surface area contributed by atoms with Crippen LogP contribution in [-0.2, 0) is 6.42 Å². The minimum atomic E-state index is 1.06. The molecule has 1 N–H and O–H groups in total. The van der Waals surface area contributed by atoms with Gasteiger partial charge in [0.25, 0.3) is 0 Å². The SMILES string of the molecule is CNCCc1cc2ccccc2s1. The van der Waals surface area contributed by atoms with E-state index >= 15 is 0 Å². The maximum Gasteiger partial charge on any atom is 0.0345 e. The normalized spacial score (nSPS) is 10.8. The molecule has 0 aliphatic heterocycles. The minimum Gasteiger partial charge on any atom is -0.319 e. The molecule has 2 rings (SSSR count). The number of fused-ring (bicyclic) bond motifs is 1. The van der Waals surface area contributed by atoms with Crippen LogP contribution in [0.2, 0.25) is 0 Å². The molecule has 2 aromatic rings. The van der Waals surface area contributed by atoms with Crippen molar-refractivity contribution in [1.29, 1.82) is 0 Å². The molecule has 13 heavy (non-hydrogen) atoms. The second kappa shape index (κ2) is 3.90. The van der Waals surface area contributed by atoms with Gasteiger partial charge in [-0.25, -0.2) is 0 Å². The summed E-state index contributed by atoms with van der Waals surface area (Å²) in [4.78, 5) is 1.47. The van der Waals surface area contributed by atoms with E-state index in [0.717, 1.165) is 13.0 Å². The van der Waals surface area contributed by atoms with Gasteiger partial charge in [-0.3, -0.25) is 0 Å². The molecule has 0 aliphatic carbocycles. The van der Waals surface area contributed by atoms with Crippen molar-refractivity contribution in [2.75, 3.05) is 13.6 Å². The summed E-state index contributed by atoms with van der Waals surface area (Å²) >= 11 is 1.90. The summed E-state index contributed by atoms with van der Waals surface area (Å²) in [6.07, 6.45) is 1.13. The van der Waals surface area contributed by atoms with Crippen molar-refractivity contribution in [2.24, 2.45) is 0 Å². The molecule has 0 spiro atoms. The molecule has 0 radical (unpaired) electrons. The van der Waals surface area contributed by atoms with Crippen molar-refractivity contribution >= 4 is 21.4 Å². The number of thiophene rings is 1. The maximum atomic E-state index is 3.17. The molecule has 1 aromatic heterocycles. The third-order valence-electron chi connectivity index (χ3n) is 2.10. The summed E-state index contributed by atoms with van der Waals surface area (Å²) < 4.78 is 1.40. The molecule has 0 unspecified atom stereocenters. The number of nitrogens with one attached hydrogen (secondary N) is 1. The lowest BCUT2D eigenvalue weighted by atomic mass is 10.2. The zero-order valence-corrected chi connectivity index (χ0v) is 8.53. The number of hydrogen-bond donors (Lipinski definition) is 1. The van der Waals surface area contributed by atoms with Crippen molar-refractivity contribution in [3.05, 3.63) is 35.2 Å². The van der Waals surface area contributed by atoms with Crippen molar-refractivity contribution in [1.82, 2.24) is 5.32 Å². The highest BCUT2D eigenvalue weighted by atomic mass is 32.1. The van der Waals surface area contributed by atoms with Crippen LogP contribution in [0.5, 0.6) is 0 Å². The first kappa shape index (κ1) is 8.73. The van der Waals surface area contributed by atoms with Crippen LogP contribution in [0.1, 0.15) is 4.88 Å². The largest absolute Gasteiger partial charge is 0.319 e. The number of benzene rings is 1. The Morgan fingerprint density at radius 2 is 2.15 bits per heavy atom. The molecule has 0 saturated carbocycles. The summed E-state index contributed by atoms with van der Waals surface area (Å²) in [7, 11) is 1.99. The Kier molecular flexibility index (Phi) is 2.62. The molecule has 0 saturated heterocycles. The monoisotopic (exact) mass is 191 g/mol. The molecule has 0 amide bonds. The van der Waals surface area contributed by atoms with Crippen molar-refractivity contribution in [2.45, 2.75) is 6.42 Å². The van der Waals surface area contributed by atoms with E-state index in [-0.39, 0.29) is 0 Å². The second-order valence-electron chi connectivity index (χ2n) is 3.10. The third-order valence-corrected chi connectivity index (χ3v) is 3.27. The van der Waals surface area contributed by atoms with Crippen LogP contribution in [0.4, 0.5) is 0 Å². The van der Waals surface area contributed by atoms with Crippen LogP contribution in [0.15, 0.2) is 30.3 Å². The van der Waals surface area contributed by atoms with Gasteiger partial charge in [0.2, 0.25) is 0 Å². The fourth-order valence-corrected chi connectivity index (χ4v) is 2.47. The van der Waals surface area contributed by atoms with E-state index in [9.17, 15) is 0 Å². The molecule has 1 heterocycles. The number of rotatable bonds is 3. The van der Waals surface area contributed by atoms with Crippen LogP contribution >= 0.6 is 11.3 Å². The fourth-order valence-electron chi connectivity index (χ4n) is 1.41. The van der Waals surface area contributed by atoms with Crippen LogP contribution in [-0.4, -0.2) is 13.6 Å². The molecule has 1 nitrogen and oxygen atoms in total. The number of likely N-dealkylation sites (N-methyl/N-ethyl adjacent to an activating group) is 1. The highest BCUT2D eigenvalue weighted by Gasteiger charge is 1.99. The van der Waals surface area contributed by atoms with Gasteiger partial charge in [0.15, 0.2) is 0 Å². The molecule has 1 aromatic carbocycles. The molecule has 0 aliphatic rings. The van der Waals surface area contributed by atoms with Crippen molar-refractivity contribution < 1.29 is 0 Å². The van der Waals surface area contributed by atoms with Gasteiger partial charge in [-0.15, -0.1) is 11.3 Å². The molecule has 0 fully saturated rings. The van der Waals surface area contributed by atoms with Crippen LogP contribution < -0.4 is 5.32 Å².